The van der Waals surface area contributed by atoms with Crippen LogP contribution in [0.25, 0.3) is 0 Å². The van der Waals surface area contributed by atoms with Gasteiger partial charge in [-0.3, -0.25) is 9.59 Å². The molecule has 0 spiro atoms. The maximum atomic E-state index is 12.0. The number of nitrogen functional groups attached to an aromatic ring is 1. The molecule has 0 aromatic carbocycles. The van der Waals surface area contributed by atoms with Gasteiger partial charge in [0.05, 0.1) is 15.4 Å². The van der Waals surface area contributed by atoms with Crippen LogP contribution in [-0.2, 0) is 0 Å². The zero-order chi connectivity index (χ0) is 13.2. The number of carbonyl (C=O) groups is 2. The molecule has 0 unspecified atom stereocenters. The number of thiophene rings is 1. The Labute approximate surface area is 105 Å². The predicted molar refractivity (Wildman–Crippen MR) is 70.6 cm³/mol. The normalized spacial score (nSPS) is 10.6. The average Bonchev–Trinajstić information content (AvgIpc) is 2.53. The Morgan fingerprint density at radius 1 is 1.41 bits per heavy atom. The highest BCUT2D eigenvalue weighted by Gasteiger charge is 2.24. The zero-order valence-electron chi connectivity index (χ0n) is 10.6. The van der Waals surface area contributed by atoms with Crippen LogP contribution in [0.4, 0.5) is 5.00 Å². The molecule has 4 nitrogen and oxygen atoms in total. The average molecular weight is 254 g/mol. The van der Waals surface area contributed by atoms with Gasteiger partial charge in [-0.25, -0.2) is 0 Å². The molecular formula is C12H18N2O2S. The molecule has 0 saturated carbocycles. The number of nitrogens with two attached hydrogens (primary N) is 1. The van der Waals surface area contributed by atoms with E-state index in [-0.39, 0.29) is 17.6 Å². The van der Waals surface area contributed by atoms with Gasteiger partial charge >= 0.3 is 0 Å². The molecule has 0 aliphatic heterocycles. The molecule has 94 valence electrons. The summed E-state index contributed by atoms with van der Waals surface area (Å²) in [5.41, 5.74) is 7.03. The summed E-state index contributed by atoms with van der Waals surface area (Å²) in [5.74, 6) is -0.288. The molecule has 0 atom stereocenters. The van der Waals surface area contributed by atoms with E-state index < -0.39 is 0 Å². The second-order valence-corrected chi connectivity index (χ2v) is 5.23. The number of rotatable bonds is 4. The molecule has 1 amide bonds. The van der Waals surface area contributed by atoms with E-state index in [0.29, 0.717) is 27.5 Å². The van der Waals surface area contributed by atoms with Crippen LogP contribution in [0.5, 0.6) is 0 Å². The molecule has 0 fully saturated rings. The van der Waals surface area contributed by atoms with Crippen LogP contribution in [0.3, 0.4) is 0 Å². The summed E-state index contributed by atoms with van der Waals surface area (Å²) in [6.45, 7) is 7.83. The Morgan fingerprint density at radius 2 is 2.00 bits per heavy atom. The molecule has 0 radical (unpaired) electrons. The van der Waals surface area contributed by atoms with Crippen molar-refractivity contribution in [2.75, 3.05) is 12.3 Å². The number of Topliss-reactive ketones (excluding diaryl/α,β-unsaturated/α-hetero) is 1. The van der Waals surface area contributed by atoms with Crippen LogP contribution in [-0.4, -0.2) is 18.2 Å². The summed E-state index contributed by atoms with van der Waals surface area (Å²) in [5, 5.41) is 3.15. The number of amides is 1. The number of ketones is 1. The van der Waals surface area contributed by atoms with Gasteiger partial charge in [0.2, 0.25) is 0 Å². The van der Waals surface area contributed by atoms with Gasteiger partial charge < -0.3 is 11.1 Å². The van der Waals surface area contributed by atoms with Gasteiger partial charge in [0.25, 0.3) is 5.91 Å². The van der Waals surface area contributed by atoms with E-state index in [0.717, 1.165) is 0 Å². The van der Waals surface area contributed by atoms with Crippen molar-refractivity contribution in [3.05, 3.63) is 16.0 Å². The minimum absolute atomic E-state index is 0.00759. The van der Waals surface area contributed by atoms with Crippen LogP contribution >= 0.6 is 11.3 Å². The fourth-order valence-electron chi connectivity index (χ4n) is 1.59. The molecule has 0 saturated heterocycles. The first-order valence-corrected chi connectivity index (χ1v) is 6.43. The molecule has 5 heteroatoms. The van der Waals surface area contributed by atoms with E-state index in [9.17, 15) is 9.59 Å². The van der Waals surface area contributed by atoms with Crippen LogP contribution in [0, 0.1) is 12.8 Å². The fourth-order valence-corrected chi connectivity index (χ4v) is 2.58. The topological polar surface area (TPSA) is 72.2 Å². The standard InChI is InChI=1S/C12H18N2O2S/c1-5-14-12(16)10-7(4)8(11(13)17-10)9(15)6(2)3/h6H,5,13H2,1-4H3,(H,14,16). The second kappa shape index (κ2) is 5.31. The first-order valence-electron chi connectivity index (χ1n) is 5.61. The molecule has 1 aromatic heterocycles. The maximum absolute atomic E-state index is 12.0. The van der Waals surface area contributed by atoms with Crippen LogP contribution < -0.4 is 11.1 Å². The molecule has 1 heterocycles. The van der Waals surface area contributed by atoms with Gasteiger partial charge in [0.1, 0.15) is 0 Å². The number of carbonyl (C=O) groups excluding carboxylic acids is 2. The van der Waals surface area contributed by atoms with E-state index in [2.05, 4.69) is 5.32 Å². The van der Waals surface area contributed by atoms with Crippen molar-refractivity contribution >= 4 is 28.0 Å². The number of nitrogens with one attached hydrogen (secondary N) is 1. The quantitative estimate of drug-likeness (QED) is 0.809. The lowest BCUT2D eigenvalue weighted by Crippen LogP contribution is -2.22. The molecule has 0 aliphatic carbocycles. The number of hydrogen-bond acceptors (Lipinski definition) is 4. The Hall–Kier alpha value is -1.36. The highest BCUT2D eigenvalue weighted by molar-refractivity contribution is 7.18. The van der Waals surface area contributed by atoms with Crippen LogP contribution in [0.2, 0.25) is 0 Å². The number of hydrogen-bond donors (Lipinski definition) is 2. The largest absolute Gasteiger partial charge is 0.390 e. The second-order valence-electron chi connectivity index (χ2n) is 4.17. The third kappa shape index (κ3) is 2.66. The predicted octanol–water partition coefficient (Wildman–Crippen LogP) is 2.23. The highest BCUT2D eigenvalue weighted by atomic mass is 32.1. The van der Waals surface area contributed by atoms with Crippen LogP contribution in [0.15, 0.2) is 0 Å². The summed E-state index contributed by atoms with van der Waals surface area (Å²) in [4.78, 5) is 24.3. The van der Waals surface area contributed by atoms with Crippen molar-refractivity contribution in [1.29, 1.82) is 0 Å². The molecule has 3 N–H and O–H groups in total. The van der Waals surface area contributed by atoms with E-state index >= 15 is 0 Å². The van der Waals surface area contributed by atoms with Gasteiger partial charge in [0.15, 0.2) is 5.78 Å². The molecule has 1 rings (SSSR count). The smallest absolute Gasteiger partial charge is 0.261 e. The molecular weight excluding hydrogens is 236 g/mol. The summed E-state index contributed by atoms with van der Waals surface area (Å²) in [6.07, 6.45) is 0. The van der Waals surface area contributed by atoms with Gasteiger partial charge in [0, 0.05) is 12.5 Å². The third-order valence-corrected chi connectivity index (χ3v) is 3.61. The Bertz CT molecular complexity index is 450. The Morgan fingerprint density at radius 3 is 2.47 bits per heavy atom. The summed E-state index contributed by atoms with van der Waals surface area (Å²) in [7, 11) is 0. The third-order valence-electron chi connectivity index (χ3n) is 2.49. The van der Waals surface area contributed by atoms with Crippen molar-refractivity contribution < 1.29 is 9.59 Å². The summed E-state index contributed by atoms with van der Waals surface area (Å²) in [6, 6.07) is 0. The molecule has 0 aliphatic rings. The maximum Gasteiger partial charge on any atom is 0.261 e. The van der Waals surface area contributed by atoms with Gasteiger partial charge in [-0.1, -0.05) is 13.8 Å². The zero-order valence-corrected chi connectivity index (χ0v) is 11.4. The monoisotopic (exact) mass is 254 g/mol. The first kappa shape index (κ1) is 13.7. The summed E-state index contributed by atoms with van der Waals surface area (Å²) < 4.78 is 0. The van der Waals surface area contributed by atoms with Gasteiger partial charge in [-0.15, -0.1) is 11.3 Å². The van der Waals surface area contributed by atoms with Crippen molar-refractivity contribution in [3.8, 4) is 0 Å². The summed E-state index contributed by atoms with van der Waals surface area (Å²) >= 11 is 1.18. The Balaban J connectivity index is 3.19. The lowest BCUT2D eigenvalue weighted by atomic mass is 9.99. The van der Waals surface area contributed by atoms with E-state index in [1.807, 2.05) is 20.8 Å². The molecule has 0 bridgehead atoms. The minimum Gasteiger partial charge on any atom is -0.390 e. The van der Waals surface area contributed by atoms with E-state index in [1.54, 1.807) is 6.92 Å². The first-order chi connectivity index (χ1) is 7.90. The number of anilines is 1. The van der Waals surface area contributed by atoms with Crippen molar-refractivity contribution in [1.82, 2.24) is 5.32 Å². The van der Waals surface area contributed by atoms with Crippen LogP contribution in [0.1, 0.15) is 46.4 Å². The highest BCUT2D eigenvalue weighted by Crippen LogP contribution is 2.32. The molecule has 17 heavy (non-hydrogen) atoms. The minimum atomic E-state index is -0.162. The van der Waals surface area contributed by atoms with Crippen molar-refractivity contribution in [3.63, 3.8) is 0 Å². The fraction of sp³-hybridized carbons (Fsp3) is 0.500. The van der Waals surface area contributed by atoms with Crippen molar-refractivity contribution in [2.24, 2.45) is 5.92 Å². The molecule has 1 aromatic rings. The van der Waals surface area contributed by atoms with Crippen molar-refractivity contribution in [2.45, 2.75) is 27.7 Å². The van der Waals surface area contributed by atoms with E-state index in [4.69, 9.17) is 5.73 Å². The Kier molecular flexibility index (Phi) is 4.28. The SMILES string of the molecule is CCNC(=O)c1sc(N)c(C(=O)C(C)C)c1C. The van der Waals surface area contributed by atoms with E-state index in [1.165, 1.54) is 11.3 Å². The lowest BCUT2D eigenvalue weighted by molar-refractivity contribution is 0.0940. The lowest BCUT2D eigenvalue weighted by Gasteiger charge is -2.05. The van der Waals surface area contributed by atoms with Gasteiger partial charge in [-0.2, -0.15) is 0 Å². The van der Waals surface area contributed by atoms with Gasteiger partial charge in [-0.05, 0) is 19.4 Å².